The lowest BCUT2D eigenvalue weighted by molar-refractivity contribution is -0.659. The van der Waals surface area contributed by atoms with E-state index in [1.807, 2.05) is 41.9 Å². The predicted octanol–water partition coefficient (Wildman–Crippen LogP) is 6.98. The van der Waals surface area contributed by atoms with E-state index < -0.39 is 0 Å². The Morgan fingerprint density at radius 2 is 1.72 bits per heavy atom. The molecule has 0 unspecified atom stereocenters. The van der Waals surface area contributed by atoms with Gasteiger partial charge in [0.1, 0.15) is 8.42 Å². The molecule has 0 spiro atoms. The second-order valence-electron chi connectivity index (χ2n) is 7.82. The van der Waals surface area contributed by atoms with Crippen molar-refractivity contribution in [1.82, 2.24) is 0 Å². The van der Waals surface area contributed by atoms with Crippen molar-refractivity contribution in [1.29, 1.82) is 0 Å². The normalized spacial score (nSPS) is 11.5. The van der Waals surface area contributed by atoms with Crippen molar-refractivity contribution in [3.8, 4) is 22.4 Å². The van der Waals surface area contributed by atoms with Crippen LogP contribution in [0.2, 0.25) is 0 Å². The quantitative estimate of drug-likeness (QED) is 0.268. The summed E-state index contributed by atoms with van der Waals surface area (Å²) >= 11 is 0. The molecular formula is C27H25N2+. The van der Waals surface area contributed by atoms with Crippen LogP contribution in [0.5, 0.6) is 0 Å². The molecule has 2 nitrogen and oxygen atoms in total. The summed E-state index contributed by atoms with van der Waals surface area (Å²) in [6.45, 7) is 14.0. The maximum Gasteiger partial charge on any atom is 0.220 e. The van der Waals surface area contributed by atoms with Gasteiger partial charge in [0.15, 0.2) is 11.9 Å². The number of nitrogens with zero attached hydrogens (tertiary/aromatic N) is 2. The first kappa shape index (κ1) is 17.6. The summed E-state index contributed by atoms with van der Waals surface area (Å²) in [7, 11) is 1.95. The van der Waals surface area contributed by atoms with Crippen LogP contribution in [0.25, 0.3) is 38.0 Å². The van der Waals surface area contributed by atoms with E-state index in [0.29, 0.717) is 17.8 Å². The fourth-order valence-electron chi connectivity index (χ4n) is 4.07. The number of benzene rings is 3. The van der Waals surface area contributed by atoms with Gasteiger partial charge in [0, 0.05) is 6.07 Å². The Hall–Kier alpha value is -3.44. The molecule has 0 fully saturated rings. The number of hydrogen-bond acceptors (Lipinski definition) is 0. The van der Waals surface area contributed by atoms with Crippen LogP contribution in [0.4, 0.5) is 5.69 Å². The molecule has 0 aliphatic carbocycles. The van der Waals surface area contributed by atoms with E-state index in [0.717, 1.165) is 22.0 Å². The lowest BCUT2D eigenvalue weighted by Gasteiger charge is -2.17. The highest BCUT2D eigenvalue weighted by atomic mass is 14.9. The molecule has 0 N–H and O–H groups in total. The smallest absolute Gasteiger partial charge is 0.220 e. The first-order chi connectivity index (χ1) is 14.4. The summed E-state index contributed by atoms with van der Waals surface area (Å²) in [4.78, 5) is 3.57. The molecule has 0 bridgehead atoms. The zero-order valence-corrected chi connectivity index (χ0v) is 17.3. The Balaban J connectivity index is 2.10. The second kappa shape index (κ2) is 7.53. The average molecular weight is 379 g/mol. The molecular weight excluding hydrogens is 352 g/mol. The highest BCUT2D eigenvalue weighted by Crippen LogP contribution is 2.36. The first-order valence-electron chi connectivity index (χ1n) is 10.4. The fraction of sp³-hybridized carbons (Fsp3) is 0.185. The Labute approximate surface area is 174 Å². The molecule has 0 saturated heterocycles. The minimum absolute atomic E-state index is 0.386. The number of hydrogen-bond donors (Lipinski definition) is 0. The number of aromatic nitrogens is 1. The third-order valence-corrected chi connectivity index (χ3v) is 5.60. The molecule has 0 aliphatic rings. The van der Waals surface area contributed by atoms with Gasteiger partial charge in [-0.15, -0.1) is 0 Å². The molecule has 4 rings (SSSR count). The average Bonchev–Trinajstić information content (AvgIpc) is 2.75. The van der Waals surface area contributed by atoms with E-state index in [-0.39, 0.29) is 0 Å². The highest BCUT2D eigenvalue weighted by Gasteiger charge is 2.21. The van der Waals surface area contributed by atoms with E-state index in [4.69, 9.17) is 7.94 Å². The number of rotatable bonds is 3. The molecule has 1 heterocycles. The highest BCUT2D eigenvalue weighted by molar-refractivity contribution is 5.96. The van der Waals surface area contributed by atoms with Gasteiger partial charge in [-0.2, -0.15) is 0 Å². The van der Waals surface area contributed by atoms with E-state index in [1.54, 1.807) is 0 Å². The molecule has 1 aromatic heterocycles. The van der Waals surface area contributed by atoms with Crippen molar-refractivity contribution in [3.63, 3.8) is 0 Å². The summed E-state index contributed by atoms with van der Waals surface area (Å²) in [6.07, 6.45) is 0.426. The molecule has 3 aromatic carbocycles. The summed E-state index contributed by atoms with van der Waals surface area (Å²) in [5, 5.41) is 1.99. The SMILES string of the molecule is [2H]c1cc2cc([N+]#[C-])ccc2c(-c2cc(-c3ccccc3)cc(C(C)C)c2C)[n+]1C. The van der Waals surface area contributed by atoms with Crippen LogP contribution in [-0.2, 0) is 7.05 Å². The van der Waals surface area contributed by atoms with Gasteiger partial charge in [-0.25, -0.2) is 9.41 Å². The molecule has 0 aliphatic heterocycles. The van der Waals surface area contributed by atoms with Crippen molar-refractivity contribution >= 4 is 16.5 Å². The number of fused-ring (bicyclic) bond motifs is 1. The molecule has 0 atom stereocenters. The first-order valence-corrected chi connectivity index (χ1v) is 9.92. The van der Waals surface area contributed by atoms with Crippen LogP contribution in [0.3, 0.4) is 0 Å². The third kappa shape index (κ3) is 3.41. The van der Waals surface area contributed by atoms with E-state index >= 15 is 0 Å². The van der Waals surface area contributed by atoms with Gasteiger partial charge in [0.05, 0.1) is 17.5 Å². The standard InChI is InChI=1S/C27H25N2/c1-18(2)25-16-22(20-9-7-6-8-10-20)17-26(19(25)3)27-24-12-11-23(28-4)15-21(24)13-14-29(27)5/h6-18H,1-3,5H3/q+1/i14D. The third-order valence-electron chi connectivity index (χ3n) is 5.60. The van der Waals surface area contributed by atoms with Gasteiger partial charge < -0.3 is 0 Å². The van der Waals surface area contributed by atoms with E-state index in [9.17, 15) is 0 Å². The van der Waals surface area contributed by atoms with Crippen LogP contribution in [0.1, 0.15) is 32.3 Å². The van der Waals surface area contributed by atoms with E-state index in [2.05, 4.69) is 62.0 Å². The lowest BCUT2D eigenvalue weighted by Crippen LogP contribution is -2.30. The largest absolute Gasteiger partial charge is 0.238 e. The van der Waals surface area contributed by atoms with Gasteiger partial charge in [0.2, 0.25) is 5.69 Å². The molecule has 0 radical (unpaired) electrons. The topological polar surface area (TPSA) is 8.24 Å². The van der Waals surface area contributed by atoms with Crippen molar-refractivity contribution in [2.24, 2.45) is 7.05 Å². The van der Waals surface area contributed by atoms with Crippen molar-refractivity contribution in [3.05, 3.63) is 95.4 Å². The van der Waals surface area contributed by atoms with E-state index in [1.165, 1.54) is 22.3 Å². The molecule has 0 saturated carbocycles. The number of pyridine rings is 1. The molecule has 4 aromatic rings. The summed E-state index contributed by atoms with van der Waals surface area (Å²) in [6, 6.07) is 22.6. The molecule has 142 valence electrons. The zero-order valence-electron chi connectivity index (χ0n) is 18.3. The van der Waals surface area contributed by atoms with Gasteiger partial charge in [-0.1, -0.05) is 62.4 Å². The van der Waals surface area contributed by atoms with Crippen LogP contribution < -0.4 is 4.57 Å². The molecule has 0 amide bonds. The minimum atomic E-state index is 0.386. The summed E-state index contributed by atoms with van der Waals surface area (Å²) < 4.78 is 10.5. The monoisotopic (exact) mass is 378 g/mol. The van der Waals surface area contributed by atoms with Crippen LogP contribution in [0, 0.1) is 13.5 Å². The van der Waals surface area contributed by atoms with Crippen LogP contribution in [0.15, 0.2) is 72.9 Å². The Bertz CT molecular complexity index is 1300. The van der Waals surface area contributed by atoms with Gasteiger partial charge in [-0.05, 0) is 52.6 Å². The Morgan fingerprint density at radius 3 is 2.41 bits per heavy atom. The minimum Gasteiger partial charge on any atom is -0.238 e. The van der Waals surface area contributed by atoms with Gasteiger partial charge >= 0.3 is 0 Å². The van der Waals surface area contributed by atoms with Crippen molar-refractivity contribution < 1.29 is 5.94 Å². The molecule has 2 heteroatoms. The fourth-order valence-corrected chi connectivity index (χ4v) is 4.07. The summed E-state index contributed by atoms with van der Waals surface area (Å²) in [5.41, 5.74) is 7.67. The van der Waals surface area contributed by atoms with Crippen molar-refractivity contribution in [2.75, 3.05) is 0 Å². The lowest BCUT2D eigenvalue weighted by atomic mass is 9.87. The van der Waals surface area contributed by atoms with Gasteiger partial charge in [0.25, 0.3) is 0 Å². The van der Waals surface area contributed by atoms with Crippen LogP contribution >= 0.6 is 0 Å². The maximum atomic E-state index is 8.53. The second-order valence-corrected chi connectivity index (χ2v) is 7.82. The van der Waals surface area contributed by atoms with Crippen molar-refractivity contribution in [2.45, 2.75) is 26.7 Å². The zero-order chi connectivity index (χ0) is 21.4. The maximum absolute atomic E-state index is 8.53. The Morgan fingerprint density at radius 1 is 0.966 bits per heavy atom. The predicted molar refractivity (Wildman–Crippen MR) is 121 cm³/mol. The molecule has 29 heavy (non-hydrogen) atoms. The summed E-state index contributed by atoms with van der Waals surface area (Å²) in [5.74, 6) is 0.386. The van der Waals surface area contributed by atoms with Gasteiger partial charge in [-0.3, -0.25) is 0 Å². The van der Waals surface area contributed by atoms with Crippen LogP contribution in [-0.4, -0.2) is 0 Å². The Kier molecular flexibility index (Phi) is 4.58.